The first-order chi connectivity index (χ1) is 9.63. The first-order valence-electron chi connectivity index (χ1n) is 6.85. The van der Waals surface area contributed by atoms with E-state index in [9.17, 15) is 0 Å². The van der Waals surface area contributed by atoms with Crippen LogP contribution in [0.25, 0.3) is 0 Å². The first kappa shape index (κ1) is 15.1. The van der Waals surface area contributed by atoms with Crippen LogP contribution in [0.3, 0.4) is 0 Å². The molecule has 5 nitrogen and oxygen atoms in total. The van der Waals surface area contributed by atoms with Crippen molar-refractivity contribution in [1.82, 2.24) is 9.88 Å². The van der Waals surface area contributed by atoms with Crippen molar-refractivity contribution < 1.29 is 0 Å². The zero-order valence-electron chi connectivity index (χ0n) is 12.2. The molecular weight excluding hydrogens is 270 g/mol. The van der Waals surface area contributed by atoms with E-state index in [1.165, 1.54) is 0 Å². The highest BCUT2D eigenvalue weighted by atomic mass is 32.2. The number of aliphatic imine (C=N–C) groups is 1. The van der Waals surface area contributed by atoms with Gasteiger partial charge in [0.1, 0.15) is 5.82 Å². The first-order valence-corrected chi connectivity index (χ1v) is 8.08. The predicted octanol–water partition coefficient (Wildman–Crippen LogP) is 1.64. The van der Waals surface area contributed by atoms with E-state index in [4.69, 9.17) is 5.73 Å². The maximum atomic E-state index is 5.94. The van der Waals surface area contributed by atoms with Crippen molar-refractivity contribution in [3.8, 4) is 0 Å². The lowest BCUT2D eigenvalue weighted by Gasteiger charge is -2.38. The Balaban J connectivity index is 1.93. The fourth-order valence-electron chi connectivity index (χ4n) is 2.29. The second-order valence-electron chi connectivity index (χ2n) is 5.23. The Kier molecular flexibility index (Phi) is 5.25. The maximum absolute atomic E-state index is 5.94. The molecule has 0 radical (unpaired) electrons. The van der Waals surface area contributed by atoms with Crippen molar-refractivity contribution in [3.05, 3.63) is 24.4 Å². The second-order valence-corrected chi connectivity index (χ2v) is 6.51. The fourth-order valence-corrected chi connectivity index (χ4v) is 3.07. The van der Waals surface area contributed by atoms with Gasteiger partial charge in [0.2, 0.25) is 0 Å². The number of aromatic nitrogens is 1. The van der Waals surface area contributed by atoms with Crippen molar-refractivity contribution in [2.75, 3.05) is 38.3 Å². The standard InChI is InChI=1S/C14H23N5S/c1-19-9-6-14(20-2,7-10-19)11-17-13(15)18-12-5-3-4-8-16-12/h3-5,8H,6-7,9-11H2,1-2H3,(H3,15,16,17,18). The Morgan fingerprint density at radius 3 is 2.85 bits per heavy atom. The number of nitrogens with two attached hydrogens (primary N) is 1. The van der Waals surface area contributed by atoms with Crippen LogP contribution in [0.2, 0.25) is 0 Å². The summed E-state index contributed by atoms with van der Waals surface area (Å²) < 4.78 is 0.225. The Morgan fingerprint density at radius 1 is 1.50 bits per heavy atom. The summed E-state index contributed by atoms with van der Waals surface area (Å²) in [5, 5.41) is 3.03. The molecule has 20 heavy (non-hydrogen) atoms. The van der Waals surface area contributed by atoms with Gasteiger partial charge in [0.25, 0.3) is 0 Å². The molecule has 1 aliphatic heterocycles. The number of rotatable bonds is 4. The third-order valence-corrected chi connectivity index (χ3v) is 5.19. The smallest absolute Gasteiger partial charge is 0.194 e. The van der Waals surface area contributed by atoms with Crippen molar-refractivity contribution in [2.24, 2.45) is 10.7 Å². The summed E-state index contributed by atoms with van der Waals surface area (Å²) in [6, 6.07) is 5.67. The van der Waals surface area contributed by atoms with Crippen LogP contribution in [0, 0.1) is 0 Å². The average Bonchev–Trinajstić information content (AvgIpc) is 2.48. The molecule has 0 aliphatic carbocycles. The number of hydrogen-bond acceptors (Lipinski definition) is 4. The van der Waals surface area contributed by atoms with E-state index in [0.717, 1.165) is 38.3 Å². The Bertz CT molecular complexity index is 440. The Labute approximate surface area is 125 Å². The molecule has 1 aliphatic rings. The molecule has 1 saturated heterocycles. The van der Waals surface area contributed by atoms with Gasteiger partial charge in [-0.1, -0.05) is 6.07 Å². The summed E-state index contributed by atoms with van der Waals surface area (Å²) in [5.41, 5.74) is 5.94. The lowest BCUT2D eigenvalue weighted by Crippen LogP contribution is -2.43. The number of likely N-dealkylation sites (tertiary alicyclic amines) is 1. The molecule has 2 heterocycles. The molecule has 110 valence electrons. The third-order valence-electron chi connectivity index (χ3n) is 3.79. The summed E-state index contributed by atoms with van der Waals surface area (Å²) >= 11 is 1.91. The van der Waals surface area contributed by atoms with E-state index in [1.54, 1.807) is 6.20 Å². The van der Waals surface area contributed by atoms with Crippen LogP contribution in [0.15, 0.2) is 29.4 Å². The summed E-state index contributed by atoms with van der Waals surface area (Å²) in [6.45, 7) is 3.02. The van der Waals surface area contributed by atoms with Crippen LogP contribution in [-0.2, 0) is 0 Å². The highest BCUT2D eigenvalue weighted by molar-refractivity contribution is 8.00. The lowest BCUT2D eigenvalue weighted by molar-refractivity contribution is 0.242. The molecule has 3 N–H and O–H groups in total. The molecule has 0 saturated carbocycles. The van der Waals surface area contributed by atoms with Gasteiger partial charge in [-0.25, -0.2) is 4.98 Å². The van der Waals surface area contributed by atoms with Crippen LogP contribution >= 0.6 is 11.8 Å². The molecule has 2 rings (SSSR count). The van der Waals surface area contributed by atoms with Crippen LogP contribution in [0.4, 0.5) is 5.82 Å². The topological polar surface area (TPSA) is 66.5 Å². The highest BCUT2D eigenvalue weighted by Crippen LogP contribution is 2.34. The largest absolute Gasteiger partial charge is 0.370 e. The van der Waals surface area contributed by atoms with Gasteiger partial charge in [0.05, 0.1) is 6.54 Å². The summed E-state index contributed by atoms with van der Waals surface area (Å²) in [7, 11) is 2.17. The zero-order valence-corrected chi connectivity index (χ0v) is 13.0. The van der Waals surface area contributed by atoms with E-state index >= 15 is 0 Å². The van der Waals surface area contributed by atoms with Gasteiger partial charge >= 0.3 is 0 Å². The van der Waals surface area contributed by atoms with Crippen LogP contribution in [0.1, 0.15) is 12.8 Å². The zero-order chi connectivity index (χ0) is 14.4. The minimum atomic E-state index is 0.225. The highest BCUT2D eigenvalue weighted by Gasteiger charge is 2.32. The molecule has 0 amide bonds. The molecule has 6 heteroatoms. The van der Waals surface area contributed by atoms with E-state index in [-0.39, 0.29) is 4.75 Å². The van der Waals surface area contributed by atoms with Gasteiger partial charge < -0.3 is 16.0 Å². The number of pyridine rings is 1. The van der Waals surface area contributed by atoms with E-state index < -0.39 is 0 Å². The van der Waals surface area contributed by atoms with Crippen molar-refractivity contribution >= 4 is 23.5 Å². The summed E-state index contributed by atoms with van der Waals surface area (Å²) in [5.74, 6) is 1.17. The molecular formula is C14H23N5S. The Morgan fingerprint density at radius 2 is 2.25 bits per heavy atom. The van der Waals surface area contributed by atoms with Gasteiger partial charge in [-0.3, -0.25) is 4.99 Å². The SMILES string of the molecule is CSC1(CN=C(N)Nc2ccccn2)CCN(C)CC1. The van der Waals surface area contributed by atoms with Gasteiger partial charge in [-0.05, 0) is 51.4 Å². The summed E-state index contributed by atoms with van der Waals surface area (Å²) in [4.78, 5) is 11.1. The normalized spacial score (nSPS) is 19.8. The van der Waals surface area contributed by atoms with Crippen molar-refractivity contribution in [3.63, 3.8) is 0 Å². The van der Waals surface area contributed by atoms with E-state index in [2.05, 4.69) is 33.5 Å². The van der Waals surface area contributed by atoms with E-state index in [1.807, 2.05) is 30.0 Å². The number of guanidine groups is 1. The summed E-state index contributed by atoms with van der Waals surface area (Å²) in [6.07, 6.45) is 6.22. The molecule has 0 bridgehead atoms. The van der Waals surface area contributed by atoms with Gasteiger partial charge in [-0.15, -0.1) is 0 Å². The van der Waals surface area contributed by atoms with Gasteiger partial charge in [0.15, 0.2) is 5.96 Å². The maximum Gasteiger partial charge on any atom is 0.194 e. The molecule has 0 spiro atoms. The Hall–Kier alpha value is -1.27. The minimum absolute atomic E-state index is 0.225. The number of hydrogen-bond donors (Lipinski definition) is 2. The monoisotopic (exact) mass is 293 g/mol. The molecule has 0 atom stereocenters. The lowest BCUT2D eigenvalue weighted by atomic mass is 9.96. The second kappa shape index (κ2) is 6.95. The van der Waals surface area contributed by atoms with Crippen LogP contribution < -0.4 is 11.1 Å². The van der Waals surface area contributed by atoms with Crippen molar-refractivity contribution in [1.29, 1.82) is 0 Å². The number of nitrogens with zero attached hydrogens (tertiary/aromatic N) is 3. The fraction of sp³-hybridized carbons (Fsp3) is 0.571. The number of anilines is 1. The quantitative estimate of drug-likeness (QED) is 0.652. The predicted molar refractivity (Wildman–Crippen MR) is 87.3 cm³/mol. The average molecular weight is 293 g/mol. The van der Waals surface area contributed by atoms with Crippen LogP contribution in [-0.4, -0.2) is 53.5 Å². The van der Waals surface area contributed by atoms with E-state index in [0.29, 0.717) is 5.96 Å². The molecule has 1 aromatic rings. The van der Waals surface area contributed by atoms with Crippen LogP contribution in [0.5, 0.6) is 0 Å². The molecule has 1 fully saturated rings. The number of piperidine rings is 1. The van der Waals surface area contributed by atoms with Crippen molar-refractivity contribution in [2.45, 2.75) is 17.6 Å². The van der Waals surface area contributed by atoms with Gasteiger partial charge in [0, 0.05) is 10.9 Å². The minimum Gasteiger partial charge on any atom is -0.370 e. The molecule has 1 aromatic heterocycles. The number of nitrogens with one attached hydrogen (secondary N) is 1. The molecule has 0 unspecified atom stereocenters. The third kappa shape index (κ3) is 4.11. The molecule has 0 aromatic carbocycles. The van der Waals surface area contributed by atoms with Gasteiger partial charge in [-0.2, -0.15) is 11.8 Å². The number of thioether (sulfide) groups is 1.